The summed E-state index contributed by atoms with van der Waals surface area (Å²) >= 11 is 6.20. The lowest BCUT2D eigenvalue weighted by Crippen LogP contribution is -2.46. The summed E-state index contributed by atoms with van der Waals surface area (Å²) < 4.78 is 9.07. The van der Waals surface area contributed by atoms with Gasteiger partial charge in [0.2, 0.25) is 0 Å². The summed E-state index contributed by atoms with van der Waals surface area (Å²) in [6, 6.07) is 5.90. The van der Waals surface area contributed by atoms with Crippen LogP contribution in [0.5, 0.6) is 0 Å². The Kier molecular flexibility index (Phi) is 6.81. The van der Waals surface area contributed by atoms with Crippen LogP contribution in [0.15, 0.2) is 27.8 Å². The van der Waals surface area contributed by atoms with E-state index in [9.17, 15) is 14.4 Å². The third kappa shape index (κ3) is 4.47. The number of piperazine rings is 1. The zero-order chi connectivity index (χ0) is 24.6. The second-order valence-corrected chi connectivity index (χ2v) is 8.93. The van der Waals surface area contributed by atoms with Gasteiger partial charge in [0.25, 0.3) is 5.56 Å². The molecule has 0 atom stereocenters. The van der Waals surface area contributed by atoms with Crippen LogP contribution in [-0.2, 0) is 36.7 Å². The van der Waals surface area contributed by atoms with Gasteiger partial charge in [-0.15, -0.1) is 0 Å². The number of rotatable bonds is 6. The Labute approximate surface area is 201 Å². The lowest BCUT2D eigenvalue weighted by atomic mass is 10.1. The van der Waals surface area contributed by atoms with E-state index < -0.39 is 17.2 Å². The lowest BCUT2D eigenvalue weighted by molar-refractivity contribution is -0.143. The predicted molar refractivity (Wildman–Crippen MR) is 131 cm³/mol. The molecule has 0 saturated carbocycles. The van der Waals surface area contributed by atoms with Gasteiger partial charge >= 0.3 is 11.7 Å². The van der Waals surface area contributed by atoms with Crippen molar-refractivity contribution in [1.29, 1.82) is 0 Å². The van der Waals surface area contributed by atoms with Crippen LogP contribution in [0.1, 0.15) is 18.3 Å². The van der Waals surface area contributed by atoms with E-state index in [4.69, 9.17) is 16.3 Å². The summed E-state index contributed by atoms with van der Waals surface area (Å²) in [4.78, 5) is 46.8. The minimum atomic E-state index is -0.484. The van der Waals surface area contributed by atoms with Gasteiger partial charge in [0.05, 0.1) is 13.2 Å². The number of carbonyl (C=O) groups is 1. The van der Waals surface area contributed by atoms with Crippen molar-refractivity contribution in [3.05, 3.63) is 55.4 Å². The molecule has 0 N–H and O–H groups in total. The van der Waals surface area contributed by atoms with E-state index >= 15 is 0 Å². The van der Waals surface area contributed by atoms with E-state index in [1.807, 2.05) is 18.2 Å². The summed E-state index contributed by atoms with van der Waals surface area (Å²) in [5, 5.41) is 0.711. The number of benzene rings is 1. The Hall–Kier alpha value is -3.11. The van der Waals surface area contributed by atoms with Crippen LogP contribution in [-0.4, -0.2) is 62.3 Å². The largest absolute Gasteiger partial charge is 0.465 e. The zero-order valence-corrected chi connectivity index (χ0v) is 20.6. The van der Waals surface area contributed by atoms with Gasteiger partial charge in [-0.05, 0) is 31.5 Å². The Morgan fingerprint density at radius 2 is 1.82 bits per heavy atom. The molecule has 0 spiro atoms. The third-order valence-electron chi connectivity index (χ3n) is 6.27. The van der Waals surface area contributed by atoms with Crippen molar-refractivity contribution in [2.24, 2.45) is 14.1 Å². The first kappa shape index (κ1) is 24.0. The summed E-state index contributed by atoms with van der Waals surface area (Å²) in [6.45, 7) is 7.48. The molecule has 1 aliphatic heterocycles. The third-order valence-corrected chi connectivity index (χ3v) is 6.50. The van der Waals surface area contributed by atoms with Crippen LogP contribution in [0.2, 0.25) is 5.02 Å². The molecule has 0 radical (unpaired) electrons. The van der Waals surface area contributed by atoms with E-state index in [2.05, 4.69) is 21.7 Å². The van der Waals surface area contributed by atoms with Crippen LogP contribution in [0.25, 0.3) is 11.2 Å². The van der Waals surface area contributed by atoms with Crippen molar-refractivity contribution in [3.8, 4) is 0 Å². The topological polar surface area (TPSA) is 94.6 Å². The molecule has 0 amide bonds. The molecular formula is C23H29ClN6O4. The number of carbonyl (C=O) groups excluding carboxylic acids is 1. The maximum Gasteiger partial charge on any atom is 0.332 e. The second-order valence-electron chi connectivity index (χ2n) is 8.49. The van der Waals surface area contributed by atoms with Crippen molar-refractivity contribution in [1.82, 2.24) is 23.6 Å². The predicted octanol–water partition coefficient (Wildman–Crippen LogP) is 1.28. The Balaban J connectivity index is 1.63. The number of anilines is 1. The van der Waals surface area contributed by atoms with Crippen LogP contribution < -0.4 is 16.1 Å². The summed E-state index contributed by atoms with van der Waals surface area (Å²) in [5.74, 6) is 0.0916. The van der Waals surface area contributed by atoms with Crippen LogP contribution in [0, 0.1) is 6.92 Å². The summed E-state index contributed by atoms with van der Waals surface area (Å²) in [5.41, 5.74) is 1.84. The minimum Gasteiger partial charge on any atom is -0.465 e. The average Bonchev–Trinajstić information content (AvgIpc) is 3.16. The van der Waals surface area contributed by atoms with E-state index in [-0.39, 0.29) is 24.3 Å². The normalized spacial score (nSPS) is 14.7. The van der Waals surface area contributed by atoms with Crippen molar-refractivity contribution < 1.29 is 9.53 Å². The molecule has 1 aromatic carbocycles. The van der Waals surface area contributed by atoms with Gasteiger partial charge < -0.3 is 14.2 Å². The molecule has 34 heavy (non-hydrogen) atoms. The number of imidazole rings is 1. The smallest absolute Gasteiger partial charge is 0.332 e. The monoisotopic (exact) mass is 488 g/mol. The lowest BCUT2D eigenvalue weighted by Gasteiger charge is -2.36. The van der Waals surface area contributed by atoms with Crippen LogP contribution in [0.3, 0.4) is 0 Å². The maximum absolute atomic E-state index is 12.9. The van der Waals surface area contributed by atoms with Crippen LogP contribution in [0.4, 0.5) is 5.69 Å². The number of aromatic nitrogens is 4. The van der Waals surface area contributed by atoms with Gasteiger partial charge in [-0.2, -0.15) is 0 Å². The molecule has 4 rings (SSSR count). The Morgan fingerprint density at radius 3 is 2.50 bits per heavy atom. The van der Waals surface area contributed by atoms with E-state index in [0.717, 1.165) is 36.4 Å². The number of esters is 1. The van der Waals surface area contributed by atoms with Gasteiger partial charge in [0.15, 0.2) is 11.2 Å². The molecule has 3 aromatic rings. The summed E-state index contributed by atoms with van der Waals surface area (Å²) in [7, 11) is 2.99. The van der Waals surface area contributed by atoms with Gasteiger partial charge in [-0.25, -0.2) is 9.78 Å². The first-order valence-electron chi connectivity index (χ1n) is 11.3. The molecule has 2 aromatic heterocycles. The van der Waals surface area contributed by atoms with E-state index in [1.165, 1.54) is 17.2 Å². The highest BCUT2D eigenvalue weighted by Gasteiger charge is 2.25. The summed E-state index contributed by atoms with van der Waals surface area (Å²) in [6.07, 6.45) is 0. The number of hydrogen-bond donors (Lipinski definition) is 0. The molecule has 1 aliphatic rings. The molecule has 1 saturated heterocycles. The quantitative estimate of drug-likeness (QED) is 0.482. The maximum atomic E-state index is 12.9. The highest BCUT2D eigenvalue weighted by Crippen LogP contribution is 2.25. The molecule has 11 heteroatoms. The SMILES string of the molecule is CCOC(=O)Cn1c(CN2CCN(c3cc(Cl)ccc3C)CC2)nc2c1c(=O)n(C)c(=O)n2C. The minimum absolute atomic E-state index is 0.144. The van der Waals surface area contributed by atoms with Gasteiger partial charge in [-0.3, -0.25) is 23.6 Å². The number of aryl methyl sites for hydroxylation is 2. The number of hydrogen-bond acceptors (Lipinski definition) is 7. The van der Waals surface area contributed by atoms with Crippen LogP contribution >= 0.6 is 11.6 Å². The van der Waals surface area contributed by atoms with Gasteiger partial charge in [0, 0.05) is 51.0 Å². The van der Waals surface area contributed by atoms with E-state index in [1.54, 1.807) is 18.5 Å². The fourth-order valence-corrected chi connectivity index (χ4v) is 4.55. The van der Waals surface area contributed by atoms with Crippen molar-refractivity contribution >= 4 is 34.4 Å². The number of halogens is 1. The molecule has 0 bridgehead atoms. The molecule has 0 unspecified atom stereocenters. The number of nitrogens with zero attached hydrogens (tertiary/aromatic N) is 6. The molecule has 182 valence electrons. The molecule has 10 nitrogen and oxygen atoms in total. The first-order chi connectivity index (χ1) is 16.2. The highest BCUT2D eigenvalue weighted by atomic mass is 35.5. The zero-order valence-electron chi connectivity index (χ0n) is 19.9. The Morgan fingerprint density at radius 1 is 1.12 bits per heavy atom. The number of ether oxygens (including phenoxy) is 1. The Bertz CT molecular complexity index is 1350. The van der Waals surface area contributed by atoms with Gasteiger partial charge in [0.1, 0.15) is 12.4 Å². The fourth-order valence-electron chi connectivity index (χ4n) is 4.39. The molecular weight excluding hydrogens is 460 g/mol. The van der Waals surface area contributed by atoms with Crippen molar-refractivity contribution in [2.75, 3.05) is 37.7 Å². The number of fused-ring (bicyclic) bond motifs is 1. The molecule has 3 heterocycles. The average molecular weight is 489 g/mol. The van der Waals surface area contributed by atoms with E-state index in [0.29, 0.717) is 17.4 Å². The highest BCUT2D eigenvalue weighted by molar-refractivity contribution is 6.30. The second kappa shape index (κ2) is 9.63. The van der Waals surface area contributed by atoms with Crippen molar-refractivity contribution in [3.63, 3.8) is 0 Å². The molecule has 0 aliphatic carbocycles. The fraction of sp³-hybridized carbons (Fsp3) is 0.478. The molecule has 1 fully saturated rings. The van der Waals surface area contributed by atoms with Gasteiger partial charge in [-0.1, -0.05) is 17.7 Å². The standard InChI is InChI=1S/C23H29ClN6O4/c1-5-34-19(31)14-30-18(25-21-20(30)22(32)27(4)23(33)26(21)3)13-28-8-10-29(11-9-28)17-12-16(24)7-6-15(17)2/h6-7,12H,5,8-11,13-14H2,1-4H3. The van der Waals surface area contributed by atoms with Crippen molar-refractivity contribution in [2.45, 2.75) is 26.9 Å². The first-order valence-corrected chi connectivity index (χ1v) is 11.6.